The highest BCUT2D eigenvalue weighted by Crippen LogP contribution is 2.20. The van der Waals surface area contributed by atoms with Gasteiger partial charge in [0.15, 0.2) is 11.6 Å². The summed E-state index contributed by atoms with van der Waals surface area (Å²) >= 11 is 0. The van der Waals surface area contributed by atoms with Crippen LogP contribution in [0.2, 0.25) is 0 Å². The van der Waals surface area contributed by atoms with E-state index in [1.807, 2.05) is 0 Å². The number of hydrogen-bond donors (Lipinski definition) is 2. The Morgan fingerprint density at radius 1 is 1.20 bits per heavy atom. The van der Waals surface area contributed by atoms with E-state index in [0.29, 0.717) is 12.1 Å². The van der Waals surface area contributed by atoms with E-state index in [2.05, 4.69) is 0 Å². The second kappa shape index (κ2) is 4.31. The number of rotatable bonds is 3. The fraction of sp³-hybridized carbons (Fsp3) is 0.222. The van der Waals surface area contributed by atoms with Crippen LogP contribution < -0.4 is 11.5 Å². The molecule has 0 saturated carbocycles. The summed E-state index contributed by atoms with van der Waals surface area (Å²) in [7, 11) is 0. The first-order valence-electron chi connectivity index (χ1n) is 4.10. The van der Waals surface area contributed by atoms with Gasteiger partial charge in [-0.1, -0.05) is 0 Å². The Hall–Kier alpha value is -1.56. The number of nitrogens with two attached hydrogens (primary N) is 2. The van der Waals surface area contributed by atoms with Crippen LogP contribution in [0.5, 0.6) is 0 Å². The van der Waals surface area contributed by atoms with E-state index in [-0.39, 0.29) is 12.0 Å². The molecule has 1 aromatic rings. The molecule has 1 rings (SSSR count). The van der Waals surface area contributed by atoms with E-state index < -0.39 is 29.4 Å². The predicted octanol–water partition coefficient (Wildman–Crippen LogP) is 0.979. The van der Waals surface area contributed by atoms with E-state index in [4.69, 9.17) is 11.5 Å². The maximum Gasteiger partial charge on any atom is 0.219 e. The van der Waals surface area contributed by atoms with Crippen LogP contribution in [-0.2, 0) is 4.79 Å². The maximum atomic E-state index is 13.1. The van der Waals surface area contributed by atoms with E-state index in [1.54, 1.807) is 0 Å². The van der Waals surface area contributed by atoms with Gasteiger partial charge in [0.05, 0.1) is 0 Å². The number of carbonyl (C=O) groups is 1. The van der Waals surface area contributed by atoms with Crippen molar-refractivity contribution in [3.63, 3.8) is 0 Å². The number of hydrogen-bond acceptors (Lipinski definition) is 2. The zero-order valence-corrected chi connectivity index (χ0v) is 7.64. The molecule has 82 valence electrons. The van der Waals surface area contributed by atoms with Crippen LogP contribution >= 0.6 is 0 Å². The highest BCUT2D eigenvalue weighted by molar-refractivity contribution is 5.74. The molecule has 6 heteroatoms. The first-order valence-corrected chi connectivity index (χ1v) is 4.10. The number of halogens is 3. The van der Waals surface area contributed by atoms with Crippen LogP contribution in [0, 0.1) is 17.5 Å². The number of amides is 1. The molecule has 0 heterocycles. The first kappa shape index (κ1) is 11.5. The largest absolute Gasteiger partial charge is 0.370 e. The molecule has 0 aromatic heterocycles. The molecule has 0 aliphatic heterocycles. The lowest BCUT2D eigenvalue weighted by Gasteiger charge is -2.11. The Morgan fingerprint density at radius 3 is 2.27 bits per heavy atom. The lowest BCUT2D eigenvalue weighted by atomic mass is 10.0. The molecular formula is C9H9F3N2O. The molecule has 0 aliphatic rings. The molecule has 0 unspecified atom stereocenters. The van der Waals surface area contributed by atoms with E-state index in [9.17, 15) is 18.0 Å². The molecule has 0 radical (unpaired) electrons. The van der Waals surface area contributed by atoms with Crippen LogP contribution in [0.1, 0.15) is 18.0 Å². The second-order valence-corrected chi connectivity index (χ2v) is 3.06. The minimum atomic E-state index is -1.30. The number of primary amides is 1. The minimum Gasteiger partial charge on any atom is -0.370 e. The van der Waals surface area contributed by atoms with Gasteiger partial charge in [-0.15, -0.1) is 0 Å². The third-order valence-electron chi connectivity index (χ3n) is 1.86. The minimum absolute atomic E-state index is 0.271. The molecule has 1 atom stereocenters. The summed E-state index contributed by atoms with van der Waals surface area (Å²) in [5.74, 6) is -4.26. The maximum absolute atomic E-state index is 13.1. The van der Waals surface area contributed by atoms with E-state index >= 15 is 0 Å². The SMILES string of the molecule is NC(=O)C[C@@H](N)c1cc(F)c(F)cc1F. The van der Waals surface area contributed by atoms with Crippen molar-refractivity contribution >= 4 is 5.91 Å². The number of carbonyl (C=O) groups excluding carboxylic acids is 1. The molecule has 15 heavy (non-hydrogen) atoms. The lowest BCUT2D eigenvalue weighted by Crippen LogP contribution is -2.21. The highest BCUT2D eigenvalue weighted by atomic mass is 19.2. The zero-order chi connectivity index (χ0) is 11.6. The molecule has 0 fully saturated rings. The predicted molar refractivity (Wildman–Crippen MR) is 47.1 cm³/mol. The van der Waals surface area contributed by atoms with Crippen LogP contribution in [-0.4, -0.2) is 5.91 Å². The molecule has 0 aliphatic carbocycles. The van der Waals surface area contributed by atoms with E-state index in [1.165, 1.54) is 0 Å². The monoisotopic (exact) mass is 218 g/mol. The van der Waals surface area contributed by atoms with Gasteiger partial charge in [0.25, 0.3) is 0 Å². The number of benzene rings is 1. The second-order valence-electron chi connectivity index (χ2n) is 3.06. The van der Waals surface area contributed by atoms with Crippen LogP contribution in [0.4, 0.5) is 13.2 Å². The van der Waals surface area contributed by atoms with Crippen molar-refractivity contribution < 1.29 is 18.0 Å². The van der Waals surface area contributed by atoms with Crippen LogP contribution in [0.15, 0.2) is 12.1 Å². The fourth-order valence-electron chi connectivity index (χ4n) is 1.15. The summed E-state index contributed by atoms with van der Waals surface area (Å²) in [5, 5.41) is 0. The van der Waals surface area contributed by atoms with Crippen LogP contribution in [0.25, 0.3) is 0 Å². The Morgan fingerprint density at radius 2 is 1.73 bits per heavy atom. The topological polar surface area (TPSA) is 69.1 Å². The average Bonchev–Trinajstić information content (AvgIpc) is 2.09. The van der Waals surface area contributed by atoms with Crippen molar-refractivity contribution in [3.8, 4) is 0 Å². The van der Waals surface area contributed by atoms with Crippen LogP contribution in [0.3, 0.4) is 0 Å². The fourth-order valence-corrected chi connectivity index (χ4v) is 1.15. The Labute approximate surface area is 83.9 Å². The molecule has 0 bridgehead atoms. The Bertz CT molecular complexity index is 395. The molecule has 4 N–H and O–H groups in total. The molecule has 0 spiro atoms. The van der Waals surface area contributed by atoms with Crippen molar-refractivity contribution in [1.29, 1.82) is 0 Å². The van der Waals surface area contributed by atoms with Gasteiger partial charge in [-0.05, 0) is 6.07 Å². The van der Waals surface area contributed by atoms with Gasteiger partial charge >= 0.3 is 0 Å². The van der Waals surface area contributed by atoms with E-state index in [0.717, 1.165) is 0 Å². The molecule has 3 nitrogen and oxygen atoms in total. The van der Waals surface area contributed by atoms with Gasteiger partial charge in [-0.2, -0.15) is 0 Å². The highest BCUT2D eigenvalue weighted by Gasteiger charge is 2.17. The molecular weight excluding hydrogens is 209 g/mol. The van der Waals surface area contributed by atoms with Gasteiger partial charge in [0.1, 0.15) is 5.82 Å². The van der Waals surface area contributed by atoms with Crippen molar-refractivity contribution in [2.75, 3.05) is 0 Å². The van der Waals surface area contributed by atoms with Crippen molar-refractivity contribution in [3.05, 3.63) is 35.1 Å². The molecule has 1 amide bonds. The van der Waals surface area contributed by atoms with Crippen molar-refractivity contribution in [2.45, 2.75) is 12.5 Å². The lowest BCUT2D eigenvalue weighted by molar-refractivity contribution is -0.118. The van der Waals surface area contributed by atoms with Gasteiger partial charge in [0.2, 0.25) is 5.91 Å². The third kappa shape index (κ3) is 2.69. The summed E-state index contributed by atoms with van der Waals surface area (Å²) < 4.78 is 38.4. The normalized spacial score (nSPS) is 12.5. The molecule has 1 aromatic carbocycles. The Balaban J connectivity index is 3.03. The summed E-state index contributed by atoms with van der Waals surface area (Å²) in [4.78, 5) is 10.5. The summed E-state index contributed by atoms with van der Waals surface area (Å²) in [6.07, 6.45) is -0.331. The summed E-state index contributed by atoms with van der Waals surface area (Å²) in [6, 6.07) is -0.0679. The van der Waals surface area contributed by atoms with Crippen molar-refractivity contribution in [2.24, 2.45) is 11.5 Å². The van der Waals surface area contributed by atoms with Gasteiger partial charge in [0, 0.05) is 24.1 Å². The smallest absolute Gasteiger partial charge is 0.219 e. The molecule has 0 saturated heterocycles. The first-order chi connectivity index (χ1) is 6.91. The van der Waals surface area contributed by atoms with Gasteiger partial charge < -0.3 is 11.5 Å². The zero-order valence-electron chi connectivity index (χ0n) is 7.64. The van der Waals surface area contributed by atoms with Gasteiger partial charge in [-0.25, -0.2) is 13.2 Å². The standard InChI is InChI=1S/C9H9F3N2O/c10-5-2-7(12)6(11)1-4(5)8(13)3-9(14)15/h1-2,8H,3,13H2,(H2,14,15)/t8-/m1/s1. The Kier molecular flexibility index (Phi) is 3.31. The summed E-state index contributed by atoms with van der Waals surface area (Å²) in [5.41, 5.74) is 9.95. The third-order valence-corrected chi connectivity index (χ3v) is 1.86. The summed E-state index contributed by atoms with van der Waals surface area (Å²) in [6.45, 7) is 0. The average molecular weight is 218 g/mol. The quantitative estimate of drug-likeness (QED) is 0.742. The van der Waals surface area contributed by atoms with Gasteiger partial charge in [-0.3, -0.25) is 4.79 Å². The van der Waals surface area contributed by atoms with Crippen molar-refractivity contribution in [1.82, 2.24) is 0 Å².